The maximum absolute atomic E-state index is 13.4. The standard InChI is InChI=1S/C27H27NO6/c1-16-23-20(8-9-21-24(23)18(29)13-27(34-21)10-4-2-3-5-11-27)33-25(16)26(30)28-14-17-6-7-19-22(12-17)32-15-31-19/h6-9,12H,2-5,10-11,13-15H2,1H3,(H,28,30). The van der Waals surface area contributed by atoms with Gasteiger partial charge in [0.05, 0.1) is 12.0 Å². The summed E-state index contributed by atoms with van der Waals surface area (Å²) in [6, 6.07) is 9.19. The van der Waals surface area contributed by atoms with Crippen LogP contribution >= 0.6 is 0 Å². The van der Waals surface area contributed by atoms with Crippen molar-refractivity contribution in [3.05, 3.63) is 52.8 Å². The summed E-state index contributed by atoms with van der Waals surface area (Å²) >= 11 is 0. The first-order valence-electron chi connectivity index (χ1n) is 12.0. The molecular weight excluding hydrogens is 434 g/mol. The number of benzene rings is 2. The van der Waals surface area contributed by atoms with Crippen LogP contribution < -0.4 is 19.5 Å². The van der Waals surface area contributed by atoms with Crippen LogP contribution in [-0.4, -0.2) is 24.1 Å². The van der Waals surface area contributed by atoms with Crippen LogP contribution in [0.3, 0.4) is 0 Å². The molecule has 1 N–H and O–H groups in total. The zero-order valence-electron chi connectivity index (χ0n) is 19.2. The van der Waals surface area contributed by atoms with Crippen LogP contribution in [0.1, 0.15) is 77.0 Å². The SMILES string of the molecule is Cc1c(C(=O)NCc2ccc3c(c2)OCO3)oc2ccc3c(c12)C(=O)CC1(CCCCCC1)O3. The number of hydrogen-bond acceptors (Lipinski definition) is 6. The molecular formula is C27H27NO6. The third-order valence-electron chi connectivity index (χ3n) is 7.26. The Hall–Kier alpha value is -3.48. The molecule has 3 heterocycles. The normalized spacial score (nSPS) is 18.4. The van der Waals surface area contributed by atoms with Crippen LogP contribution in [-0.2, 0) is 6.54 Å². The first kappa shape index (κ1) is 21.1. The van der Waals surface area contributed by atoms with Crippen LogP contribution in [0.5, 0.6) is 17.2 Å². The minimum atomic E-state index is -0.392. The number of nitrogens with one attached hydrogen (secondary N) is 1. The number of furan rings is 1. The first-order valence-corrected chi connectivity index (χ1v) is 12.0. The van der Waals surface area contributed by atoms with E-state index in [1.807, 2.05) is 31.2 Å². The molecule has 34 heavy (non-hydrogen) atoms. The van der Waals surface area contributed by atoms with E-state index in [0.717, 1.165) is 31.2 Å². The van der Waals surface area contributed by atoms with Crippen molar-refractivity contribution in [3.8, 4) is 17.2 Å². The Kier molecular flexibility index (Phi) is 5.01. The van der Waals surface area contributed by atoms with Crippen LogP contribution in [0, 0.1) is 6.92 Å². The van der Waals surface area contributed by atoms with E-state index < -0.39 is 5.60 Å². The zero-order valence-corrected chi connectivity index (χ0v) is 19.2. The molecule has 1 saturated carbocycles. The molecule has 0 bridgehead atoms. The number of fused-ring (bicyclic) bond motifs is 4. The summed E-state index contributed by atoms with van der Waals surface area (Å²) in [6.07, 6.45) is 6.76. The van der Waals surface area contributed by atoms with Crippen molar-refractivity contribution < 1.29 is 28.2 Å². The van der Waals surface area contributed by atoms with Crippen LogP contribution in [0.15, 0.2) is 34.7 Å². The fraction of sp³-hybridized carbons (Fsp3) is 0.407. The van der Waals surface area contributed by atoms with Crippen molar-refractivity contribution in [1.82, 2.24) is 5.32 Å². The molecule has 2 aromatic carbocycles. The van der Waals surface area contributed by atoms with Crippen LogP contribution in [0.25, 0.3) is 11.0 Å². The number of aryl methyl sites for hydroxylation is 1. The summed E-state index contributed by atoms with van der Waals surface area (Å²) < 4.78 is 23.2. The molecule has 1 spiro atoms. The van der Waals surface area contributed by atoms with E-state index in [2.05, 4.69) is 5.32 Å². The van der Waals surface area contributed by atoms with E-state index in [-0.39, 0.29) is 24.2 Å². The van der Waals surface area contributed by atoms with Gasteiger partial charge in [-0.05, 0) is 62.4 Å². The summed E-state index contributed by atoms with van der Waals surface area (Å²) in [5.41, 5.74) is 2.22. The molecule has 0 unspecified atom stereocenters. The van der Waals surface area contributed by atoms with Crippen molar-refractivity contribution in [2.24, 2.45) is 0 Å². The van der Waals surface area contributed by atoms with Gasteiger partial charge in [0.1, 0.15) is 16.9 Å². The lowest BCUT2D eigenvalue weighted by Crippen LogP contribution is -2.41. The minimum absolute atomic E-state index is 0.0740. The second kappa shape index (κ2) is 8.08. The predicted octanol–water partition coefficient (Wildman–Crippen LogP) is 5.46. The van der Waals surface area contributed by atoms with E-state index in [0.29, 0.717) is 52.3 Å². The summed E-state index contributed by atoms with van der Waals surface area (Å²) in [4.78, 5) is 26.4. The minimum Gasteiger partial charge on any atom is -0.486 e. The summed E-state index contributed by atoms with van der Waals surface area (Å²) in [5.74, 6) is 1.94. The van der Waals surface area contributed by atoms with Crippen LogP contribution in [0.4, 0.5) is 0 Å². The number of hydrogen-bond donors (Lipinski definition) is 1. The molecule has 0 radical (unpaired) electrons. The summed E-state index contributed by atoms with van der Waals surface area (Å²) in [7, 11) is 0. The maximum Gasteiger partial charge on any atom is 0.287 e. The smallest absolute Gasteiger partial charge is 0.287 e. The Balaban J connectivity index is 1.27. The van der Waals surface area contributed by atoms with Crippen molar-refractivity contribution >= 4 is 22.7 Å². The Bertz CT molecular complexity index is 1300. The zero-order chi connectivity index (χ0) is 23.3. The number of carbonyl (C=O) groups is 2. The van der Waals surface area contributed by atoms with Gasteiger partial charge in [0.2, 0.25) is 6.79 Å². The Labute approximate surface area is 197 Å². The number of Topliss-reactive ketones (excluding diaryl/α,β-unsaturated/α-hetero) is 1. The fourth-order valence-corrected chi connectivity index (χ4v) is 5.52. The number of amides is 1. The van der Waals surface area contributed by atoms with Gasteiger partial charge in [0.25, 0.3) is 5.91 Å². The highest BCUT2D eigenvalue weighted by atomic mass is 16.7. The van der Waals surface area contributed by atoms with E-state index in [4.69, 9.17) is 18.6 Å². The van der Waals surface area contributed by atoms with Crippen LogP contribution in [0.2, 0.25) is 0 Å². The van der Waals surface area contributed by atoms with Crippen molar-refractivity contribution in [2.75, 3.05) is 6.79 Å². The largest absolute Gasteiger partial charge is 0.486 e. The van der Waals surface area contributed by atoms with E-state index >= 15 is 0 Å². The van der Waals surface area contributed by atoms with E-state index in [1.165, 1.54) is 12.8 Å². The van der Waals surface area contributed by atoms with Gasteiger partial charge in [0, 0.05) is 17.5 Å². The van der Waals surface area contributed by atoms with Crippen molar-refractivity contribution in [3.63, 3.8) is 0 Å². The number of carbonyl (C=O) groups excluding carboxylic acids is 2. The molecule has 3 aliphatic rings. The molecule has 2 aliphatic heterocycles. The van der Waals surface area contributed by atoms with E-state index in [9.17, 15) is 9.59 Å². The molecule has 0 saturated heterocycles. The molecule has 7 nitrogen and oxygen atoms in total. The van der Waals surface area contributed by atoms with Gasteiger partial charge >= 0.3 is 0 Å². The topological polar surface area (TPSA) is 87.0 Å². The Morgan fingerprint density at radius 2 is 1.76 bits per heavy atom. The lowest BCUT2D eigenvalue weighted by molar-refractivity contribution is 0.0301. The molecule has 1 aliphatic carbocycles. The Morgan fingerprint density at radius 1 is 1.00 bits per heavy atom. The predicted molar refractivity (Wildman–Crippen MR) is 125 cm³/mol. The van der Waals surface area contributed by atoms with Crippen molar-refractivity contribution in [2.45, 2.75) is 64.0 Å². The maximum atomic E-state index is 13.4. The number of rotatable bonds is 3. The lowest BCUT2D eigenvalue weighted by Gasteiger charge is -2.37. The third kappa shape index (κ3) is 3.50. The first-order chi connectivity index (χ1) is 16.5. The molecule has 6 rings (SSSR count). The van der Waals surface area contributed by atoms with Gasteiger partial charge in [0.15, 0.2) is 23.0 Å². The van der Waals surface area contributed by atoms with Gasteiger partial charge in [-0.25, -0.2) is 0 Å². The summed E-state index contributed by atoms with van der Waals surface area (Å²) in [6.45, 7) is 2.34. The summed E-state index contributed by atoms with van der Waals surface area (Å²) in [5, 5.41) is 3.59. The van der Waals surface area contributed by atoms with Crippen molar-refractivity contribution in [1.29, 1.82) is 0 Å². The molecule has 7 heteroatoms. The number of ketones is 1. The quantitative estimate of drug-likeness (QED) is 0.558. The molecule has 3 aromatic rings. The van der Waals surface area contributed by atoms with E-state index in [1.54, 1.807) is 6.07 Å². The molecule has 0 atom stereocenters. The number of ether oxygens (including phenoxy) is 3. The monoisotopic (exact) mass is 461 g/mol. The second-order valence-corrected chi connectivity index (χ2v) is 9.54. The van der Waals surface area contributed by atoms with Gasteiger partial charge in [-0.15, -0.1) is 0 Å². The lowest BCUT2D eigenvalue weighted by atomic mass is 9.83. The highest BCUT2D eigenvalue weighted by molar-refractivity contribution is 6.13. The fourth-order valence-electron chi connectivity index (χ4n) is 5.52. The Morgan fingerprint density at radius 3 is 2.59 bits per heavy atom. The average Bonchev–Trinajstić information content (AvgIpc) is 3.36. The highest BCUT2D eigenvalue weighted by Gasteiger charge is 2.42. The average molecular weight is 462 g/mol. The molecule has 176 valence electrons. The van der Waals surface area contributed by atoms with Gasteiger partial charge in [-0.2, -0.15) is 0 Å². The molecule has 1 aromatic heterocycles. The molecule has 1 fully saturated rings. The highest BCUT2D eigenvalue weighted by Crippen LogP contribution is 2.45. The van der Waals surface area contributed by atoms with Gasteiger partial charge in [-0.3, -0.25) is 9.59 Å². The van der Waals surface area contributed by atoms with Gasteiger partial charge in [-0.1, -0.05) is 18.9 Å². The van der Waals surface area contributed by atoms with Gasteiger partial charge < -0.3 is 23.9 Å². The third-order valence-corrected chi connectivity index (χ3v) is 7.26. The molecule has 1 amide bonds. The second-order valence-electron chi connectivity index (χ2n) is 9.54.